The highest BCUT2D eigenvalue weighted by atomic mass is 16.2. The van der Waals surface area contributed by atoms with Gasteiger partial charge in [-0.05, 0) is 38.0 Å². The van der Waals surface area contributed by atoms with Crippen LogP contribution in [0.2, 0.25) is 0 Å². The van der Waals surface area contributed by atoms with Crippen LogP contribution in [-0.2, 0) is 0 Å². The second kappa shape index (κ2) is 8.55. The monoisotopic (exact) mass is 291 g/mol. The zero-order valence-corrected chi connectivity index (χ0v) is 13.8. The zero-order valence-electron chi connectivity index (χ0n) is 13.8. The second-order valence-electron chi connectivity index (χ2n) is 5.34. The predicted molar refractivity (Wildman–Crippen MR) is 90.7 cm³/mol. The molecule has 4 heteroatoms. The molecule has 1 aromatic rings. The van der Waals surface area contributed by atoms with Crippen LogP contribution in [0, 0.1) is 5.92 Å². The quantitative estimate of drug-likeness (QED) is 0.719. The molecule has 0 aromatic heterocycles. The number of rotatable bonds is 8. The summed E-state index contributed by atoms with van der Waals surface area (Å²) in [5, 5.41) is 3.39. The van der Waals surface area contributed by atoms with E-state index in [1.807, 2.05) is 26.0 Å². The Kier molecular flexibility index (Phi) is 7.06. The Bertz CT molecular complexity index is 451. The summed E-state index contributed by atoms with van der Waals surface area (Å²) < 4.78 is 0. The van der Waals surface area contributed by atoms with E-state index in [9.17, 15) is 4.79 Å². The summed E-state index contributed by atoms with van der Waals surface area (Å²) in [5.74, 6) is 0.694. The number of nitrogens with two attached hydrogens (primary N) is 1. The van der Waals surface area contributed by atoms with E-state index in [0.29, 0.717) is 30.3 Å². The molecule has 0 unspecified atom stereocenters. The van der Waals surface area contributed by atoms with Gasteiger partial charge in [-0.15, -0.1) is 0 Å². The molecule has 0 spiro atoms. The Labute approximate surface area is 128 Å². The van der Waals surface area contributed by atoms with Gasteiger partial charge in [0.2, 0.25) is 0 Å². The number of amides is 1. The van der Waals surface area contributed by atoms with Gasteiger partial charge >= 0.3 is 0 Å². The summed E-state index contributed by atoms with van der Waals surface area (Å²) in [7, 11) is 0. The lowest BCUT2D eigenvalue weighted by Gasteiger charge is -2.20. The summed E-state index contributed by atoms with van der Waals surface area (Å²) in [6.45, 7) is 10.7. The predicted octanol–water partition coefficient (Wildman–Crippen LogP) is 3.60. The largest absolute Gasteiger partial charge is 0.397 e. The van der Waals surface area contributed by atoms with Gasteiger partial charge in [0.1, 0.15) is 0 Å². The molecule has 3 N–H and O–H groups in total. The van der Waals surface area contributed by atoms with Crippen molar-refractivity contribution in [1.82, 2.24) is 4.90 Å². The Morgan fingerprint density at radius 2 is 1.81 bits per heavy atom. The Balaban J connectivity index is 2.78. The van der Waals surface area contributed by atoms with E-state index in [0.717, 1.165) is 25.1 Å². The van der Waals surface area contributed by atoms with Gasteiger partial charge in [-0.25, -0.2) is 0 Å². The third kappa shape index (κ3) is 4.66. The van der Waals surface area contributed by atoms with Gasteiger partial charge in [-0.2, -0.15) is 0 Å². The van der Waals surface area contributed by atoms with Crippen LogP contribution in [0.25, 0.3) is 0 Å². The highest BCUT2D eigenvalue weighted by molar-refractivity contribution is 5.96. The molecule has 118 valence electrons. The van der Waals surface area contributed by atoms with Gasteiger partial charge < -0.3 is 16.0 Å². The smallest absolute Gasteiger partial charge is 0.253 e. The van der Waals surface area contributed by atoms with Crippen molar-refractivity contribution in [2.45, 2.75) is 40.5 Å². The first-order chi connectivity index (χ1) is 10.1. The van der Waals surface area contributed by atoms with Crippen LogP contribution in [0.3, 0.4) is 0 Å². The molecular weight excluding hydrogens is 262 g/mol. The number of hydrogen-bond acceptors (Lipinski definition) is 3. The van der Waals surface area contributed by atoms with E-state index < -0.39 is 0 Å². The minimum atomic E-state index is 0.0400. The average molecular weight is 291 g/mol. The molecule has 1 aromatic carbocycles. The summed E-state index contributed by atoms with van der Waals surface area (Å²) in [6.07, 6.45) is 2.31. The third-order valence-electron chi connectivity index (χ3n) is 4.09. The van der Waals surface area contributed by atoms with Crippen molar-refractivity contribution in [2.24, 2.45) is 5.92 Å². The maximum Gasteiger partial charge on any atom is 0.253 e. The molecule has 0 aliphatic heterocycles. The van der Waals surface area contributed by atoms with Crippen LogP contribution >= 0.6 is 0 Å². The number of carbonyl (C=O) groups excluding carboxylic acids is 1. The first-order valence-corrected chi connectivity index (χ1v) is 7.99. The maximum atomic E-state index is 12.3. The van der Waals surface area contributed by atoms with Crippen molar-refractivity contribution >= 4 is 17.3 Å². The van der Waals surface area contributed by atoms with Crippen LogP contribution in [0.5, 0.6) is 0 Å². The highest BCUT2D eigenvalue weighted by Crippen LogP contribution is 2.22. The lowest BCUT2D eigenvalue weighted by molar-refractivity contribution is 0.0773. The molecule has 21 heavy (non-hydrogen) atoms. The van der Waals surface area contributed by atoms with Gasteiger partial charge in [0, 0.05) is 25.2 Å². The minimum Gasteiger partial charge on any atom is -0.397 e. The van der Waals surface area contributed by atoms with E-state index in [4.69, 9.17) is 5.73 Å². The van der Waals surface area contributed by atoms with Crippen LogP contribution in [0.4, 0.5) is 11.4 Å². The summed E-state index contributed by atoms with van der Waals surface area (Å²) >= 11 is 0. The van der Waals surface area contributed by atoms with E-state index in [1.165, 1.54) is 0 Å². The fraction of sp³-hybridized carbons (Fsp3) is 0.588. The Morgan fingerprint density at radius 3 is 2.29 bits per heavy atom. The summed E-state index contributed by atoms with van der Waals surface area (Å²) in [6, 6.07) is 5.54. The zero-order chi connectivity index (χ0) is 15.8. The van der Waals surface area contributed by atoms with Crippen molar-refractivity contribution in [3.8, 4) is 0 Å². The summed E-state index contributed by atoms with van der Waals surface area (Å²) in [5.41, 5.74) is 8.29. The maximum absolute atomic E-state index is 12.3. The van der Waals surface area contributed by atoms with E-state index >= 15 is 0 Å². The molecule has 4 nitrogen and oxygen atoms in total. The number of nitrogens with zero attached hydrogens (tertiary/aromatic N) is 1. The molecule has 0 saturated carbocycles. The number of nitrogens with one attached hydrogen (secondary N) is 1. The van der Waals surface area contributed by atoms with Gasteiger partial charge in [0.25, 0.3) is 5.91 Å². The number of hydrogen-bond donors (Lipinski definition) is 2. The third-order valence-corrected chi connectivity index (χ3v) is 4.09. The minimum absolute atomic E-state index is 0.0400. The van der Waals surface area contributed by atoms with Gasteiger partial charge in [0.05, 0.1) is 11.4 Å². The van der Waals surface area contributed by atoms with Gasteiger partial charge in [-0.1, -0.05) is 26.7 Å². The van der Waals surface area contributed by atoms with Crippen LogP contribution in [0.1, 0.15) is 50.9 Å². The van der Waals surface area contributed by atoms with Crippen molar-refractivity contribution in [2.75, 3.05) is 30.7 Å². The fourth-order valence-corrected chi connectivity index (χ4v) is 2.38. The lowest BCUT2D eigenvalue weighted by atomic mass is 10.0. The highest BCUT2D eigenvalue weighted by Gasteiger charge is 2.14. The molecule has 0 saturated heterocycles. The van der Waals surface area contributed by atoms with Crippen molar-refractivity contribution < 1.29 is 4.79 Å². The molecule has 0 fully saturated rings. The lowest BCUT2D eigenvalue weighted by Crippen LogP contribution is -2.30. The molecule has 0 heterocycles. The standard InChI is InChI=1S/C17H29N3O/c1-5-13(6-2)12-19-16-10-9-14(11-15(16)18)17(21)20(7-3)8-4/h9-11,13,19H,5-8,12,18H2,1-4H3. The molecule has 0 radical (unpaired) electrons. The fourth-order valence-electron chi connectivity index (χ4n) is 2.38. The molecule has 1 rings (SSSR count). The molecule has 1 amide bonds. The van der Waals surface area contributed by atoms with E-state index in [2.05, 4.69) is 19.2 Å². The van der Waals surface area contributed by atoms with Crippen molar-refractivity contribution in [1.29, 1.82) is 0 Å². The van der Waals surface area contributed by atoms with Gasteiger partial charge in [0.15, 0.2) is 0 Å². The van der Waals surface area contributed by atoms with E-state index in [1.54, 1.807) is 11.0 Å². The SMILES string of the molecule is CCC(CC)CNc1ccc(C(=O)N(CC)CC)cc1N. The molecule has 0 atom stereocenters. The Hall–Kier alpha value is -1.71. The number of anilines is 2. The molecule has 0 aliphatic rings. The number of nitrogen functional groups attached to an aromatic ring is 1. The summed E-state index contributed by atoms with van der Waals surface area (Å²) in [4.78, 5) is 14.1. The number of benzene rings is 1. The molecule has 0 aliphatic carbocycles. The second-order valence-corrected chi connectivity index (χ2v) is 5.34. The average Bonchev–Trinajstić information content (AvgIpc) is 2.50. The topological polar surface area (TPSA) is 58.4 Å². The van der Waals surface area contributed by atoms with Crippen LogP contribution in [-0.4, -0.2) is 30.4 Å². The van der Waals surface area contributed by atoms with Crippen molar-refractivity contribution in [3.63, 3.8) is 0 Å². The van der Waals surface area contributed by atoms with Gasteiger partial charge in [-0.3, -0.25) is 4.79 Å². The number of carbonyl (C=O) groups is 1. The van der Waals surface area contributed by atoms with Crippen molar-refractivity contribution in [3.05, 3.63) is 23.8 Å². The first kappa shape index (κ1) is 17.3. The molecule has 0 bridgehead atoms. The van der Waals surface area contributed by atoms with Crippen LogP contribution < -0.4 is 11.1 Å². The first-order valence-electron chi connectivity index (χ1n) is 7.99. The normalized spacial score (nSPS) is 10.7. The van der Waals surface area contributed by atoms with Crippen LogP contribution in [0.15, 0.2) is 18.2 Å². The van der Waals surface area contributed by atoms with E-state index in [-0.39, 0.29) is 5.91 Å². The Morgan fingerprint density at radius 1 is 1.19 bits per heavy atom. The molecular formula is C17H29N3O.